The Morgan fingerprint density at radius 1 is 0.840 bits per heavy atom. The molecule has 0 atom stereocenters. The fraction of sp³-hybridized carbons (Fsp3) is 0.0556. The molecule has 4 rings (SSSR count). The molecule has 0 amide bonds. The molecule has 7 heteroatoms. The molecule has 0 radical (unpaired) electrons. The Bertz CT molecular complexity index is 1080. The minimum Gasteiger partial charge on any atom is -0.261 e. The number of halogens is 3. The summed E-state index contributed by atoms with van der Waals surface area (Å²) in [6.45, 7) is 0.317. The first-order valence-electron chi connectivity index (χ1n) is 7.46. The van der Waals surface area contributed by atoms with Crippen LogP contribution in [0.4, 0.5) is 13.2 Å². The standard InChI is InChI=1S/C18H11F3N4/c19-14-3-11(6-22-8-14)10-25-18-5-13(7-23-17(18)9-24-25)12-1-2-15(20)16(21)4-12/h1-9H,10H2. The van der Waals surface area contributed by atoms with Crippen molar-refractivity contribution < 1.29 is 13.2 Å². The third-order valence-electron chi connectivity index (χ3n) is 3.84. The molecule has 0 aliphatic heterocycles. The van der Waals surface area contributed by atoms with Gasteiger partial charge >= 0.3 is 0 Å². The predicted octanol–water partition coefficient (Wildman–Crippen LogP) is 3.96. The molecule has 0 N–H and O–H groups in total. The van der Waals surface area contributed by atoms with E-state index in [2.05, 4.69) is 15.1 Å². The van der Waals surface area contributed by atoms with Crippen molar-refractivity contribution in [2.24, 2.45) is 0 Å². The van der Waals surface area contributed by atoms with E-state index in [4.69, 9.17) is 0 Å². The van der Waals surface area contributed by atoms with E-state index in [-0.39, 0.29) is 0 Å². The smallest absolute Gasteiger partial charge is 0.159 e. The van der Waals surface area contributed by atoms with Crippen LogP contribution in [0.3, 0.4) is 0 Å². The third-order valence-corrected chi connectivity index (χ3v) is 3.84. The van der Waals surface area contributed by atoms with Gasteiger partial charge in [0.15, 0.2) is 11.6 Å². The fourth-order valence-electron chi connectivity index (χ4n) is 2.63. The lowest BCUT2D eigenvalue weighted by Gasteiger charge is -2.06. The van der Waals surface area contributed by atoms with Gasteiger partial charge in [0.25, 0.3) is 0 Å². The minimum atomic E-state index is -0.920. The molecule has 0 saturated carbocycles. The largest absolute Gasteiger partial charge is 0.261 e. The van der Waals surface area contributed by atoms with Crippen LogP contribution in [0.15, 0.2) is 55.1 Å². The third kappa shape index (κ3) is 2.96. The molecule has 0 unspecified atom stereocenters. The van der Waals surface area contributed by atoms with E-state index in [1.54, 1.807) is 29.3 Å². The highest BCUT2D eigenvalue weighted by Gasteiger charge is 2.10. The molecular weight excluding hydrogens is 329 g/mol. The molecule has 0 fully saturated rings. The van der Waals surface area contributed by atoms with Gasteiger partial charge in [-0.25, -0.2) is 13.2 Å². The van der Waals surface area contributed by atoms with Gasteiger partial charge < -0.3 is 0 Å². The van der Waals surface area contributed by atoms with Crippen LogP contribution in [0.25, 0.3) is 22.2 Å². The maximum absolute atomic E-state index is 13.5. The predicted molar refractivity (Wildman–Crippen MR) is 86.2 cm³/mol. The molecule has 0 bridgehead atoms. The minimum absolute atomic E-state index is 0.317. The molecule has 1 aromatic carbocycles. The molecular formula is C18H11F3N4. The highest BCUT2D eigenvalue weighted by Crippen LogP contribution is 2.24. The average Bonchev–Trinajstić information content (AvgIpc) is 2.99. The molecule has 4 nitrogen and oxygen atoms in total. The van der Waals surface area contributed by atoms with Crippen molar-refractivity contribution in [3.8, 4) is 11.1 Å². The number of hydrogen-bond acceptors (Lipinski definition) is 3. The first-order valence-corrected chi connectivity index (χ1v) is 7.46. The number of pyridine rings is 2. The summed E-state index contributed by atoms with van der Waals surface area (Å²) in [6.07, 6.45) is 5.86. The van der Waals surface area contributed by atoms with E-state index < -0.39 is 17.5 Å². The topological polar surface area (TPSA) is 43.6 Å². The van der Waals surface area contributed by atoms with Crippen LogP contribution >= 0.6 is 0 Å². The van der Waals surface area contributed by atoms with Crippen LogP contribution in [-0.2, 0) is 6.54 Å². The summed E-state index contributed by atoms with van der Waals surface area (Å²) in [5.41, 5.74) is 3.14. The normalized spacial score (nSPS) is 11.2. The summed E-state index contributed by atoms with van der Waals surface area (Å²) >= 11 is 0. The van der Waals surface area contributed by atoms with Gasteiger partial charge in [0.05, 0.1) is 24.5 Å². The Hall–Kier alpha value is -3.22. The number of benzene rings is 1. The lowest BCUT2D eigenvalue weighted by atomic mass is 10.1. The van der Waals surface area contributed by atoms with Crippen LogP contribution in [-0.4, -0.2) is 19.7 Å². The quantitative estimate of drug-likeness (QED) is 0.567. The average molecular weight is 340 g/mol. The summed E-state index contributed by atoms with van der Waals surface area (Å²) in [6, 6.07) is 6.85. The van der Waals surface area contributed by atoms with Gasteiger partial charge in [-0.3, -0.25) is 14.6 Å². The van der Waals surface area contributed by atoms with Gasteiger partial charge in [-0.2, -0.15) is 5.10 Å². The maximum atomic E-state index is 13.5. The fourth-order valence-corrected chi connectivity index (χ4v) is 2.63. The molecule has 3 aromatic heterocycles. The van der Waals surface area contributed by atoms with Crippen molar-refractivity contribution in [2.75, 3.05) is 0 Å². The van der Waals surface area contributed by atoms with Crippen LogP contribution in [0.5, 0.6) is 0 Å². The van der Waals surface area contributed by atoms with Crippen LogP contribution in [0, 0.1) is 17.5 Å². The Morgan fingerprint density at radius 3 is 2.52 bits per heavy atom. The SMILES string of the molecule is Fc1cncc(Cn2ncc3ncc(-c4ccc(F)c(F)c4)cc32)c1. The first-order chi connectivity index (χ1) is 12.1. The van der Waals surface area contributed by atoms with Gasteiger partial charge in [-0.15, -0.1) is 0 Å². The van der Waals surface area contributed by atoms with E-state index in [0.29, 0.717) is 34.3 Å². The number of nitrogens with zero attached hydrogens (tertiary/aromatic N) is 4. The highest BCUT2D eigenvalue weighted by atomic mass is 19.2. The molecule has 124 valence electrons. The zero-order chi connectivity index (χ0) is 17.4. The number of fused-ring (bicyclic) bond motifs is 1. The van der Waals surface area contributed by atoms with Gasteiger partial charge in [0, 0.05) is 18.0 Å². The summed E-state index contributed by atoms with van der Waals surface area (Å²) in [5.74, 6) is -2.24. The Morgan fingerprint density at radius 2 is 1.72 bits per heavy atom. The zero-order valence-electron chi connectivity index (χ0n) is 12.8. The van der Waals surface area contributed by atoms with Gasteiger partial charge in [-0.1, -0.05) is 6.07 Å². The van der Waals surface area contributed by atoms with Crippen LogP contribution in [0.1, 0.15) is 5.56 Å². The number of hydrogen-bond donors (Lipinski definition) is 0. The Labute approximate surface area is 140 Å². The summed E-state index contributed by atoms with van der Waals surface area (Å²) in [4.78, 5) is 8.12. The van der Waals surface area contributed by atoms with E-state index in [1.807, 2.05) is 0 Å². The molecule has 3 heterocycles. The number of rotatable bonds is 3. The van der Waals surface area contributed by atoms with Gasteiger partial charge in [-0.05, 0) is 35.4 Å². The second-order valence-electron chi connectivity index (χ2n) is 5.57. The van der Waals surface area contributed by atoms with E-state index in [9.17, 15) is 13.2 Å². The highest BCUT2D eigenvalue weighted by molar-refractivity contribution is 5.80. The lowest BCUT2D eigenvalue weighted by molar-refractivity contribution is 0.509. The molecule has 0 aliphatic carbocycles. The van der Waals surface area contributed by atoms with Crippen molar-refractivity contribution in [1.29, 1.82) is 0 Å². The molecule has 25 heavy (non-hydrogen) atoms. The molecule has 0 saturated heterocycles. The summed E-state index contributed by atoms with van der Waals surface area (Å²) in [5, 5.41) is 4.26. The Balaban J connectivity index is 1.75. The van der Waals surface area contributed by atoms with Crippen molar-refractivity contribution in [3.63, 3.8) is 0 Å². The molecule has 0 aliphatic rings. The summed E-state index contributed by atoms with van der Waals surface area (Å²) < 4.78 is 41.5. The first kappa shape index (κ1) is 15.3. The molecule has 0 spiro atoms. The van der Waals surface area contributed by atoms with Crippen molar-refractivity contribution >= 4 is 11.0 Å². The second-order valence-corrected chi connectivity index (χ2v) is 5.57. The van der Waals surface area contributed by atoms with Gasteiger partial charge in [0.1, 0.15) is 11.3 Å². The zero-order valence-corrected chi connectivity index (χ0v) is 12.8. The molecule has 4 aromatic rings. The maximum Gasteiger partial charge on any atom is 0.159 e. The summed E-state index contributed by atoms with van der Waals surface area (Å²) in [7, 11) is 0. The van der Waals surface area contributed by atoms with Crippen LogP contribution in [0.2, 0.25) is 0 Å². The van der Waals surface area contributed by atoms with Gasteiger partial charge in [0.2, 0.25) is 0 Å². The second kappa shape index (κ2) is 6.01. The van der Waals surface area contributed by atoms with E-state index in [0.717, 1.165) is 18.3 Å². The van der Waals surface area contributed by atoms with Crippen LogP contribution < -0.4 is 0 Å². The lowest BCUT2D eigenvalue weighted by Crippen LogP contribution is -2.02. The number of aromatic nitrogens is 4. The monoisotopic (exact) mass is 340 g/mol. The van der Waals surface area contributed by atoms with E-state index >= 15 is 0 Å². The van der Waals surface area contributed by atoms with E-state index in [1.165, 1.54) is 12.1 Å². The van der Waals surface area contributed by atoms with Crippen molar-refractivity contribution in [2.45, 2.75) is 6.54 Å². The van der Waals surface area contributed by atoms with Crippen molar-refractivity contribution in [1.82, 2.24) is 19.7 Å². The van der Waals surface area contributed by atoms with Crippen molar-refractivity contribution in [3.05, 3.63) is 78.1 Å². The Kier molecular flexibility index (Phi) is 3.68.